The van der Waals surface area contributed by atoms with Gasteiger partial charge in [0, 0.05) is 16.3 Å². The van der Waals surface area contributed by atoms with Crippen LogP contribution in [-0.4, -0.2) is 31.6 Å². The number of hydrogen-bond donors (Lipinski definition) is 3. The van der Waals surface area contributed by atoms with Crippen molar-refractivity contribution in [1.82, 2.24) is 14.8 Å². The molecule has 0 saturated carbocycles. The van der Waals surface area contributed by atoms with Gasteiger partial charge in [-0.3, -0.25) is 4.79 Å². The average molecular weight is 385 g/mol. The third-order valence-electron chi connectivity index (χ3n) is 3.83. The van der Waals surface area contributed by atoms with Crippen LogP contribution < -0.4 is 11.1 Å². The van der Waals surface area contributed by atoms with Gasteiger partial charge in [0.2, 0.25) is 11.9 Å². The van der Waals surface area contributed by atoms with Crippen LogP contribution in [0.4, 0.5) is 11.6 Å². The van der Waals surface area contributed by atoms with E-state index in [0.717, 1.165) is 11.1 Å². The molecule has 1 aromatic heterocycles. The highest BCUT2D eigenvalue weighted by Gasteiger charge is 2.12. The molecule has 0 bridgehead atoms. The van der Waals surface area contributed by atoms with Gasteiger partial charge in [-0.25, -0.2) is 4.68 Å². The highest BCUT2D eigenvalue weighted by molar-refractivity contribution is 6.30. The summed E-state index contributed by atoms with van der Waals surface area (Å²) in [6.45, 7) is 1.60. The van der Waals surface area contributed by atoms with E-state index < -0.39 is 0 Å². The van der Waals surface area contributed by atoms with Gasteiger partial charge in [-0.1, -0.05) is 28.9 Å². The summed E-state index contributed by atoms with van der Waals surface area (Å²) in [6, 6.07) is 13.9. The number of nitrogen functional groups attached to an aromatic ring is 1. The molecule has 1 heterocycles. The number of nitrogens with zero attached hydrogens (tertiary/aromatic N) is 4. The Morgan fingerprint density at radius 3 is 2.52 bits per heavy atom. The number of halogens is 1. The summed E-state index contributed by atoms with van der Waals surface area (Å²) >= 11 is 5.87. The molecule has 3 aromatic rings. The minimum Gasteiger partial charge on any atom is -0.411 e. The molecule has 4 N–H and O–H groups in total. The van der Waals surface area contributed by atoms with E-state index in [-0.39, 0.29) is 18.4 Å². The molecular weight excluding hydrogens is 368 g/mol. The second-order valence-corrected chi connectivity index (χ2v) is 6.21. The molecule has 8 nitrogen and oxygen atoms in total. The Labute approximate surface area is 160 Å². The molecule has 0 aliphatic carbocycles. The van der Waals surface area contributed by atoms with Crippen molar-refractivity contribution in [3.05, 3.63) is 59.1 Å². The summed E-state index contributed by atoms with van der Waals surface area (Å²) in [5, 5.41) is 19.5. The predicted octanol–water partition coefficient (Wildman–Crippen LogP) is 3.02. The number of anilines is 2. The lowest BCUT2D eigenvalue weighted by Gasteiger charge is -2.07. The summed E-state index contributed by atoms with van der Waals surface area (Å²) in [5.74, 6) is 0.259. The highest BCUT2D eigenvalue weighted by Crippen LogP contribution is 2.19. The van der Waals surface area contributed by atoms with Crippen molar-refractivity contribution in [2.45, 2.75) is 13.5 Å². The van der Waals surface area contributed by atoms with Crippen molar-refractivity contribution in [1.29, 1.82) is 0 Å². The lowest BCUT2D eigenvalue weighted by Crippen LogP contribution is -2.20. The first-order valence-corrected chi connectivity index (χ1v) is 8.39. The zero-order valence-corrected chi connectivity index (χ0v) is 15.2. The molecule has 1 amide bonds. The van der Waals surface area contributed by atoms with Gasteiger partial charge < -0.3 is 16.3 Å². The number of carbonyl (C=O) groups is 1. The zero-order chi connectivity index (χ0) is 19.4. The van der Waals surface area contributed by atoms with Crippen LogP contribution in [0.25, 0.3) is 11.4 Å². The lowest BCUT2D eigenvalue weighted by molar-refractivity contribution is -0.116. The number of carbonyl (C=O) groups excluding carboxylic acids is 1. The number of rotatable bonds is 5. The van der Waals surface area contributed by atoms with E-state index in [1.54, 1.807) is 55.5 Å². The van der Waals surface area contributed by atoms with Gasteiger partial charge in [-0.15, -0.1) is 5.10 Å². The van der Waals surface area contributed by atoms with Crippen LogP contribution >= 0.6 is 11.6 Å². The number of amides is 1. The van der Waals surface area contributed by atoms with Crippen molar-refractivity contribution < 1.29 is 10.0 Å². The van der Waals surface area contributed by atoms with E-state index in [4.69, 9.17) is 22.5 Å². The van der Waals surface area contributed by atoms with Crippen LogP contribution in [0.1, 0.15) is 12.5 Å². The van der Waals surface area contributed by atoms with Crippen molar-refractivity contribution in [2.75, 3.05) is 11.1 Å². The Bertz CT molecular complexity index is 980. The third-order valence-corrected chi connectivity index (χ3v) is 4.08. The fourth-order valence-corrected chi connectivity index (χ4v) is 2.51. The van der Waals surface area contributed by atoms with Crippen LogP contribution in [0.5, 0.6) is 0 Å². The average Bonchev–Trinajstić information content (AvgIpc) is 3.02. The number of benzene rings is 2. The minimum absolute atomic E-state index is 0.0781. The normalized spacial score (nSPS) is 11.4. The Morgan fingerprint density at radius 2 is 1.89 bits per heavy atom. The first-order valence-electron chi connectivity index (χ1n) is 8.01. The summed E-state index contributed by atoms with van der Waals surface area (Å²) < 4.78 is 1.33. The number of aromatic nitrogens is 3. The molecule has 0 unspecified atom stereocenters. The van der Waals surface area contributed by atoms with Crippen LogP contribution in [0, 0.1) is 0 Å². The van der Waals surface area contributed by atoms with E-state index in [0.29, 0.717) is 22.2 Å². The second kappa shape index (κ2) is 7.88. The fraction of sp³-hybridized carbons (Fsp3) is 0.111. The molecule has 0 radical (unpaired) electrons. The number of oxime groups is 1. The Balaban J connectivity index is 1.68. The second-order valence-electron chi connectivity index (χ2n) is 5.77. The molecular formula is C18H17ClN6O2. The summed E-state index contributed by atoms with van der Waals surface area (Å²) in [7, 11) is 0. The topological polar surface area (TPSA) is 118 Å². The van der Waals surface area contributed by atoms with Gasteiger partial charge in [0.25, 0.3) is 0 Å². The van der Waals surface area contributed by atoms with Gasteiger partial charge in [0.1, 0.15) is 6.54 Å². The quantitative estimate of drug-likeness (QED) is 0.355. The highest BCUT2D eigenvalue weighted by atomic mass is 35.5. The maximum Gasteiger partial charge on any atom is 0.246 e. The van der Waals surface area contributed by atoms with Gasteiger partial charge in [-0.05, 0) is 48.9 Å². The first kappa shape index (κ1) is 18.4. The Hall–Kier alpha value is -3.39. The van der Waals surface area contributed by atoms with E-state index in [1.165, 1.54) is 4.68 Å². The molecule has 2 aromatic carbocycles. The molecule has 0 fully saturated rings. The largest absolute Gasteiger partial charge is 0.411 e. The maximum absolute atomic E-state index is 12.3. The molecule has 0 aliphatic rings. The van der Waals surface area contributed by atoms with Gasteiger partial charge >= 0.3 is 0 Å². The maximum atomic E-state index is 12.3. The first-order chi connectivity index (χ1) is 13.0. The summed E-state index contributed by atoms with van der Waals surface area (Å²) in [4.78, 5) is 16.4. The number of nitrogens with two attached hydrogens (primary N) is 1. The SMILES string of the molecule is C/C(=N/O)c1ccc(NC(=O)Cn2nc(-c3ccc(Cl)cc3)nc2N)cc1. The predicted molar refractivity (Wildman–Crippen MR) is 104 cm³/mol. The molecule has 0 aliphatic heterocycles. The number of nitrogens with one attached hydrogen (secondary N) is 1. The van der Waals surface area contributed by atoms with Crippen molar-refractivity contribution in [3.63, 3.8) is 0 Å². The monoisotopic (exact) mass is 384 g/mol. The van der Waals surface area contributed by atoms with Crippen molar-refractivity contribution in [2.24, 2.45) is 5.16 Å². The van der Waals surface area contributed by atoms with E-state index in [9.17, 15) is 4.79 Å². The van der Waals surface area contributed by atoms with Crippen LogP contribution in [0.3, 0.4) is 0 Å². The molecule has 3 rings (SSSR count). The fourth-order valence-electron chi connectivity index (χ4n) is 2.38. The lowest BCUT2D eigenvalue weighted by atomic mass is 10.1. The van der Waals surface area contributed by atoms with E-state index in [2.05, 4.69) is 20.6 Å². The van der Waals surface area contributed by atoms with Crippen LogP contribution in [0.2, 0.25) is 5.02 Å². The van der Waals surface area contributed by atoms with E-state index >= 15 is 0 Å². The van der Waals surface area contributed by atoms with Gasteiger partial charge in [0.05, 0.1) is 5.71 Å². The van der Waals surface area contributed by atoms with Gasteiger partial charge in [-0.2, -0.15) is 4.98 Å². The molecule has 9 heteroatoms. The smallest absolute Gasteiger partial charge is 0.246 e. The molecule has 0 atom stereocenters. The molecule has 0 saturated heterocycles. The van der Waals surface area contributed by atoms with Crippen LogP contribution in [0.15, 0.2) is 53.7 Å². The van der Waals surface area contributed by atoms with Gasteiger partial charge in [0.15, 0.2) is 5.82 Å². The molecule has 0 spiro atoms. The number of hydrogen-bond acceptors (Lipinski definition) is 6. The minimum atomic E-state index is -0.297. The molecule has 138 valence electrons. The van der Waals surface area contributed by atoms with Crippen molar-refractivity contribution in [3.8, 4) is 11.4 Å². The Morgan fingerprint density at radius 1 is 1.22 bits per heavy atom. The van der Waals surface area contributed by atoms with E-state index in [1.807, 2.05) is 0 Å². The summed E-state index contributed by atoms with van der Waals surface area (Å²) in [5.41, 5.74) is 8.46. The zero-order valence-electron chi connectivity index (χ0n) is 14.4. The molecule has 27 heavy (non-hydrogen) atoms. The standard InChI is InChI=1S/C18H17ClN6O2/c1-11(24-27)12-4-8-15(9-5-12)21-16(26)10-25-18(20)22-17(23-25)13-2-6-14(19)7-3-13/h2-9,27H,10H2,1H3,(H,21,26)(H2,20,22,23)/b24-11-. The third kappa shape index (κ3) is 4.42. The van der Waals surface area contributed by atoms with Crippen LogP contribution in [-0.2, 0) is 11.3 Å². The summed E-state index contributed by atoms with van der Waals surface area (Å²) in [6.07, 6.45) is 0. The Kier molecular flexibility index (Phi) is 5.37. The van der Waals surface area contributed by atoms with Crippen molar-refractivity contribution >= 4 is 34.9 Å².